The van der Waals surface area contributed by atoms with E-state index in [2.05, 4.69) is 37.9 Å². The van der Waals surface area contributed by atoms with Crippen molar-refractivity contribution in [2.24, 2.45) is 5.92 Å². The van der Waals surface area contributed by atoms with Crippen molar-refractivity contribution in [2.75, 3.05) is 39.7 Å². The molecule has 0 aliphatic carbocycles. The summed E-state index contributed by atoms with van der Waals surface area (Å²) in [6, 6.07) is 3.78. The maximum absolute atomic E-state index is 12.4. The molecule has 0 aliphatic heterocycles. The van der Waals surface area contributed by atoms with Crippen LogP contribution >= 0.6 is 0 Å². The fraction of sp³-hybridized carbons (Fsp3) is 0.611. The SMILES string of the molecule is CCN(CC(=O)Nc1cc(OC)c(OC)c(OC)c1)C(C)C(C)C. The van der Waals surface area contributed by atoms with Gasteiger partial charge in [-0.25, -0.2) is 0 Å². The molecule has 1 atom stereocenters. The van der Waals surface area contributed by atoms with Gasteiger partial charge in [0, 0.05) is 23.9 Å². The molecule has 6 heteroatoms. The van der Waals surface area contributed by atoms with Crippen LogP contribution < -0.4 is 19.5 Å². The maximum Gasteiger partial charge on any atom is 0.238 e. The van der Waals surface area contributed by atoms with Gasteiger partial charge in [-0.1, -0.05) is 20.8 Å². The third-order valence-corrected chi connectivity index (χ3v) is 4.24. The Morgan fingerprint density at radius 1 is 1.08 bits per heavy atom. The number of carbonyl (C=O) groups excluding carboxylic acids is 1. The minimum atomic E-state index is -0.0707. The van der Waals surface area contributed by atoms with E-state index in [1.54, 1.807) is 33.5 Å². The number of ether oxygens (including phenoxy) is 3. The lowest BCUT2D eigenvalue weighted by Gasteiger charge is -2.30. The van der Waals surface area contributed by atoms with Gasteiger partial charge < -0.3 is 19.5 Å². The van der Waals surface area contributed by atoms with Crippen LogP contribution in [0, 0.1) is 5.92 Å². The maximum atomic E-state index is 12.4. The molecule has 1 aromatic rings. The molecule has 1 aromatic carbocycles. The molecule has 0 heterocycles. The van der Waals surface area contributed by atoms with Crippen LogP contribution in [0.3, 0.4) is 0 Å². The molecule has 0 saturated heterocycles. The minimum Gasteiger partial charge on any atom is -0.493 e. The van der Waals surface area contributed by atoms with E-state index in [0.29, 0.717) is 41.4 Å². The van der Waals surface area contributed by atoms with Crippen LogP contribution in [-0.2, 0) is 4.79 Å². The first-order valence-electron chi connectivity index (χ1n) is 8.21. The molecule has 0 fully saturated rings. The first-order valence-corrected chi connectivity index (χ1v) is 8.21. The number of amides is 1. The molecule has 136 valence electrons. The molecule has 0 spiro atoms. The zero-order chi connectivity index (χ0) is 18.3. The van der Waals surface area contributed by atoms with Gasteiger partial charge in [-0.3, -0.25) is 9.69 Å². The number of anilines is 1. The number of nitrogens with one attached hydrogen (secondary N) is 1. The van der Waals surface area contributed by atoms with Gasteiger partial charge in [-0.2, -0.15) is 0 Å². The van der Waals surface area contributed by atoms with E-state index in [9.17, 15) is 4.79 Å². The van der Waals surface area contributed by atoms with Gasteiger partial charge in [0.15, 0.2) is 11.5 Å². The largest absolute Gasteiger partial charge is 0.493 e. The van der Waals surface area contributed by atoms with E-state index in [4.69, 9.17) is 14.2 Å². The summed E-state index contributed by atoms with van der Waals surface area (Å²) in [5.41, 5.74) is 0.614. The first kappa shape index (κ1) is 20.1. The predicted molar refractivity (Wildman–Crippen MR) is 96.3 cm³/mol. The van der Waals surface area contributed by atoms with Crippen molar-refractivity contribution < 1.29 is 19.0 Å². The Morgan fingerprint density at radius 3 is 2.00 bits per heavy atom. The lowest BCUT2D eigenvalue weighted by Crippen LogP contribution is -2.41. The number of carbonyl (C=O) groups is 1. The van der Waals surface area contributed by atoms with Crippen molar-refractivity contribution in [3.8, 4) is 17.2 Å². The Bertz CT molecular complexity index is 521. The van der Waals surface area contributed by atoms with E-state index in [1.807, 2.05) is 0 Å². The molecule has 0 aromatic heterocycles. The van der Waals surface area contributed by atoms with Crippen molar-refractivity contribution >= 4 is 11.6 Å². The standard InChI is InChI=1S/C18H30N2O4/c1-8-20(13(4)12(2)3)11-17(21)19-14-9-15(22-5)18(24-7)16(10-14)23-6/h9-10,12-13H,8,11H2,1-7H3,(H,19,21). The van der Waals surface area contributed by atoms with Gasteiger partial charge in [-0.05, 0) is 19.4 Å². The summed E-state index contributed by atoms with van der Waals surface area (Å²) in [5, 5.41) is 2.91. The number of methoxy groups -OCH3 is 3. The zero-order valence-electron chi connectivity index (χ0n) is 15.8. The molecule has 1 unspecified atom stereocenters. The third kappa shape index (κ3) is 5.03. The topological polar surface area (TPSA) is 60.0 Å². The van der Waals surface area contributed by atoms with Gasteiger partial charge >= 0.3 is 0 Å². The summed E-state index contributed by atoms with van der Waals surface area (Å²) < 4.78 is 15.9. The molecular weight excluding hydrogens is 308 g/mol. The average molecular weight is 338 g/mol. The number of benzene rings is 1. The second-order valence-electron chi connectivity index (χ2n) is 6.01. The predicted octanol–water partition coefficient (Wildman–Crippen LogP) is 3.02. The molecule has 0 aliphatic rings. The van der Waals surface area contributed by atoms with Crippen LogP contribution in [0.4, 0.5) is 5.69 Å². The second kappa shape index (κ2) is 9.37. The normalized spacial score (nSPS) is 12.2. The highest BCUT2D eigenvalue weighted by Gasteiger charge is 2.19. The van der Waals surface area contributed by atoms with Crippen LogP contribution in [-0.4, -0.2) is 51.3 Å². The summed E-state index contributed by atoms with van der Waals surface area (Å²) >= 11 is 0. The molecule has 6 nitrogen and oxygen atoms in total. The number of nitrogens with zero attached hydrogens (tertiary/aromatic N) is 1. The fourth-order valence-corrected chi connectivity index (χ4v) is 2.50. The van der Waals surface area contributed by atoms with Crippen molar-refractivity contribution in [2.45, 2.75) is 33.7 Å². The first-order chi connectivity index (χ1) is 11.4. The van der Waals surface area contributed by atoms with Crippen LogP contribution in [0.2, 0.25) is 0 Å². The minimum absolute atomic E-state index is 0.0707. The zero-order valence-corrected chi connectivity index (χ0v) is 15.8. The smallest absolute Gasteiger partial charge is 0.238 e. The molecule has 0 radical (unpaired) electrons. The number of likely N-dealkylation sites (N-methyl/N-ethyl adjacent to an activating group) is 1. The Kier molecular flexibility index (Phi) is 7.85. The van der Waals surface area contributed by atoms with Gasteiger partial charge in [0.05, 0.1) is 27.9 Å². The Hall–Kier alpha value is -1.95. The molecule has 24 heavy (non-hydrogen) atoms. The monoisotopic (exact) mass is 338 g/mol. The number of hydrogen-bond donors (Lipinski definition) is 1. The summed E-state index contributed by atoms with van der Waals surface area (Å²) in [4.78, 5) is 14.5. The number of hydrogen-bond acceptors (Lipinski definition) is 5. The van der Waals surface area contributed by atoms with Crippen molar-refractivity contribution in [1.29, 1.82) is 0 Å². The van der Waals surface area contributed by atoms with Crippen LogP contribution in [0.5, 0.6) is 17.2 Å². The lowest BCUT2D eigenvalue weighted by molar-refractivity contribution is -0.117. The van der Waals surface area contributed by atoms with E-state index in [-0.39, 0.29) is 5.91 Å². The van der Waals surface area contributed by atoms with Crippen molar-refractivity contribution in [1.82, 2.24) is 4.90 Å². The second-order valence-corrected chi connectivity index (χ2v) is 6.01. The van der Waals surface area contributed by atoms with E-state index in [1.165, 1.54) is 0 Å². The quantitative estimate of drug-likeness (QED) is 0.750. The van der Waals surface area contributed by atoms with Gasteiger partial charge in [-0.15, -0.1) is 0 Å². The highest BCUT2D eigenvalue weighted by Crippen LogP contribution is 2.39. The fourth-order valence-electron chi connectivity index (χ4n) is 2.50. The van der Waals surface area contributed by atoms with Crippen LogP contribution in [0.1, 0.15) is 27.7 Å². The third-order valence-electron chi connectivity index (χ3n) is 4.24. The molecule has 1 rings (SSSR count). The van der Waals surface area contributed by atoms with Crippen molar-refractivity contribution in [3.63, 3.8) is 0 Å². The Balaban J connectivity index is 2.90. The molecule has 0 bridgehead atoms. The summed E-state index contributed by atoms with van der Waals surface area (Å²) in [7, 11) is 4.64. The number of rotatable bonds is 9. The summed E-state index contributed by atoms with van der Waals surface area (Å²) in [6.07, 6.45) is 0. The van der Waals surface area contributed by atoms with E-state index in [0.717, 1.165) is 6.54 Å². The molecule has 1 amide bonds. The van der Waals surface area contributed by atoms with Crippen LogP contribution in [0.15, 0.2) is 12.1 Å². The summed E-state index contributed by atoms with van der Waals surface area (Å²) in [6.45, 7) is 9.68. The van der Waals surface area contributed by atoms with E-state index >= 15 is 0 Å². The molecule has 1 N–H and O–H groups in total. The lowest BCUT2D eigenvalue weighted by atomic mass is 10.0. The average Bonchev–Trinajstić information content (AvgIpc) is 2.57. The Labute approximate surface area is 145 Å². The molecular formula is C18H30N2O4. The molecule has 0 saturated carbocycles. The van der Waals surface area contributed by atoms with Gasteiger partial charge in [0.2, 0.25) is 11.7 Å². The summed E-state index contributed by atoms with van der Waals surface area (Å²) in [5.74, 6) is 1.93. The van der Waals surface area contributed by atoms with Crippen LogP contribution in [0.25, 0.3) is 0 Å². The van der Waals surface area contributed by atoms with Crippen molar-refractivity contribution in [3.05, 3.63) is 12.1 Å². The highest BCUT2D eigenvalue weighted by molar-refractivity contribution is 5.93. The van der Waals surface area contributed by atoms with Gasteiger partial charge in [0.25, 0.3) is 0 Å². The highest BCUT2D eigenvalue weighted by atomic mass is 16.5. The Morgan fingerprint density at radius 2 is 1.62 bits per heavy atom. The van der Waals surface area contributed by atoms with Gasteiger partial charge in [0.1, 0.15) is 0 Å². The van der Waals surface area contributed by atoms with E-state index < -0.39 is 0 Å².